The summed E-state index contributed by atoms with van der Waals surface area (Å²) in [5.74, 6) is 0.414. The molecule has 6 nitrogen and oxygen atoms in total. The molecule has 1 saturated heterocycles. The molecule has 0 spiro atoms. The maximum absolute atomic E-state index is 13.7. The first-order valence-electron chi connectivity index (χ1n) is 12.2. The Hall–Kier alpha value is -2.16. The number of aryl methyl sites for hydroxylation is 2. The summed E-state index contributed by atoms with van der Waals surface area (Å²) in [5, 5.41) is 4.45. The number of para-hydroxylation sites is 1. The summed E-state index contributed by atoms with van der Waals surface area (Å²) in [5.41, 5.74) is 3.17. The Labute approximate surface area is 208 Å². The highest BCUT2D eigenvalue weighted by Gasteiger charge is 2.25. The number of carbonyl (C=O) groups is 1. The van der Waals surface area contributed by atoms with Gasteiger partial charge in [0, 0.05) is 17.2 Å². The molecule has 0 bridgehead atoms. The lowest BCUT2D eigenvalue weighted by Crippen LogP contribution is -2.29. The number of thiophene rings is 1. The standard InChI is InChI=1S/C26H31N3O3S2/c1-16(2)18-9-3-5-11-20(18)27-22(30)15-33-26-28-24-23(19-10-4-6-12-21(19)34-24)25(31)29(26)14-17-8-7-13-32-17/h3,5,9,11,16-17H,4,6-8,10,12-15H2,1-2H3,(H,27,30). The van der Waals surface area contributed by atoms with Crippen LogP contribution in [0.5, 0.6) is 0 Å². The van der Waals surface area contributed by atoms with Crippen LogP contribution in [0.25, 0.3) is 10.2 Å². The number of carbonyl (C=O) groups excluding carboxylic acids is 1. The number of anilines is 1. The number of amides is 1. The van der Waals surface area contributed by atoms with Crippen molar-refractivity contribution in [3.63, 3.8) is 0 Å². The van der Waals surface area contributed by atoms with Crippen molar-refractivity contribution in [2.75, 3.05) is 17.7 Å². The van der Waals surface area contributed by atoms with Crippen LogP contribution in [0.15, 0.2) is 34.2 Å². The van der Waals surface area contributed by atoms with Gasteiger partial charge in [-0.25, -0.2) is 4.98 Å². The SMILES string of the molecule is CC(C)c1ccccc1NC(=O)CSc1nc2sc3c(c2c(=O)n1CC1CCCO1)CCCC3. The van der Waals surface area contributed by atoms with Gasteiger partial charge in [-0.3, -0.25) is 14.2 Å². The lowest BCUT2D eigenvalue weighted by molar-refractivity contribution is -0.113. The molecule has 1 amide bonds. The molecule has 3 aromatic rings. The number of rotatable bonds is 7. The largest absolute Gasteiger partial charge is 0.376 e. The van der Waals surface area contributed by atoms with Crippen molar-refractivity contribution in [3.05, 3.63) is 50.6 Å². The number of hydrogen-bond donors (Lipinski definition) is 1. The second kappa shape index (κ2) is 10.2. The number of thioether (sulfide) groups is 1. The number of nitrogens with zero attached hydrogens (tertiary/aromatic N) is 2. The van der Waals surface area contributed by atoms with Crippen molar-refractivity contribution in [2.24, 2.45) is 0 Å². The number of nitrogens with one attached hydrogen (secondary N) is 1. The van der Waals surface area contributed by atoms with Crippen molar-refractivity contribution >= 4 is 44.9 Å². The highest BCUT2D eigenvalue weighted by atomic mass is 32.2. The van der Waals surface area contributed by atoms with E-state index in [-0.39, 0.29) is 23.3 Å². The summed E-state index contributed by atoms with van der Waals surface area (Å²) in [7, 11) is 0. The molecule has 5 rings (SSSR count). The maximum Gasteiger partial charge on any atom is 0.263 e. The number of hydrogen-bond acceptors (Lipinski definition) is 6. The van der Waals surface area contributed by atoms with E-state index in [9.17, 15) is 9.59 Å². The van der Waals surface area contributed by atoms with E-state index in [4.69, 9.17) is 9.72 Å². The van der Waals surface area contributed by atoms with Crippen LogP contribution < -0.4 is 10.9 Å². The second-order valence-corrected chi connectivity index (χ2v) is 11.4. The topological polar surface area (TPSA) is 73.2 Å². The number of ether oxygens (including phenoxy) is 1. The summed E-state index contributed by atoms with van der Waals surface area (Å²) >= 11 is 2.99. The van der Waals surface area contributed by atoms with Crippen LogP contribution in [-0.2, 0) is 28.9 Å². The Morgan fingerprint density at radius 1 is 1.26 bits per heavy atom. The zero-order valence-corrected chi connectivity index (χ0v) is 21.4. The average molecular weight is 498 g/mol. The summed E-state index contributed by atoms with van der Waals surface area (Å²) in [4.78, 5) is 33.6. The van der Waals surface area contributed by atoms with Crippen LogP contribution in [0.3, 0.4) is 0 Å². The maximum atomic E-state index is 13.7. The summed E-state index contributed by atoms with van der Waals surface area (Å²) < 4.78 is 7.60. The van der Waals surface area contributed by atoms with Crippen LogP contribution in [0, 0.1) is 0 Å². The van der Waals surface area contributed by atoms with Crippen LogP contribution in [0.4, 0.5) is 5.69 Å². The minimum absolute atomic E-state index is 0.0213. The predicted octanol–water partition coefficient (Wildman–Crippen LogP) is 5.37. The van der Waals surface area contributed by atoms with Gasteiger partial charge in [-0.1, -0.05) is 43.8 Å². The fourth-order valence-corrected chi connectivity index (χ4v) is 7.02. The fourth-order valence-electron chi connectivity index (χ4n) is 4.91. The highest BCUT2D eigenvalue weighted by Crippen LogP contribution is 2.35. The van der Waals surface area contributed by atoms with Gasteiger partial charge in [0.25, 0.3) is 5.56 Å². The van der Waals surface area contributed by atoms with Crippen molar-refractivity contribution in [3.8, 4) is 0 Å². The summed E-state index contributed by atoms with van der Waals surface area (Å²) in [6.45, 7) is 5.46. The highest BCUT2D eigenvalue weighted by molar-refractivity contribution is 7.99. The summed E-state index contributed by atoms with van der Waals surface area (Å²) in [6.07, 6.45) is 6.27. The molecule has 1 unspecified atom stereocenters. The minimum atomic E-state index is -0.0958. The first kappa shape index (κ1) is 23.6. The van der Waals surface area contributed by atoms with Crippen molar-refractivity contribution in [1.82, 2.24) is 9.55 Å². The Morgan fingerprint density at radius 2 is 2.09 bits per heavy atom. The zero-order chi connectivity index (χ0) is 23.7. The van der Waals surface area contributed by atoms with Gasteiger partial charge < -0.3 is 10.1 Å². The Kier molecular flexibility index (Phi) is 7.09. The van der Waals surface area contributed by atoms with Gasteiger partial charge >= 0.3 is 0 Å². The zero-order valence-electron chi connectivity index (χ0n) is 19.8. The van der Waals surface area contributed by atoms with Crippen molar-refractivity contribution in [2.45, 2.75) is 76.1 Å². The first-order valence-corrected chi connectivity index (χ1v) is 14.0. The molecule has 0 radical (unpaired) electrons. The lowest BCUT2D eigenvalue weighted by atomic mass is 9.97. The van der Waals surface area contributed by atoms with Crippen LogP contribution in [-0.4, -0.2) is 33.9 Å². The van der Waals surface area contributed by atoms with Gasteiger partial charge in [-0.15, -0.1) is 11.3 Å². The Morgan fingerprint density at radius 3 is 2.88 bits per heavy atom. The molecular formula is C26H31N3O3S2. The molecule has 1 fully saturated rings. The normalized spacial score (nSPS) is 17.9. The smallest absolute Gasteiger partial charge is 0.263 e. The molecule has 8 heteroatoms. The molecule has 1 aromatic carbocycles. The fraction of sp³-hybridized carbons (Fsp3) is 0.500. The monoisotopic (exact) mass is 497 g/mol. The lowest BCUT2D eigenvalue weighted by Gasteiger charge is -2.17. The third kappa shape index (κ3) is 4.81. The van der Waals surface area contributed by atoms with E-state index < -0.39 is 0 Å². The van der Waals surface area contributed by atoms with Gasteiger partial charge in [0.1, 0.15) is 4.83 Å². The molecule has 2 aromatic heterocycles. The van der Waals surface area contributed by atoms with E-state index in [0.717, 1.165) is 60.2 Å². The van der Waals surface area contributed by atoms with E-state index >= 15 is 0 Å². The van der Waals surface area contributed by atoms with E-state index in [0.29, 0.717) is 17.6 Å². The molecule has 1 atom stereocenters. The molecule has 1 aliphatic carbocycles. The number of aromatic nitrogens is 2. The first-order chi connectivity index (χ1) is 16.5. The van der Waals surface area contributed by atoms with Crippen molar-refractivity contribution < 1.29 is 9.53 Å². The second-order valence-electron chi connectivity index (χ2n) is 9.42. The molecule has 1 N–H and O–H groups in total. The van der Waals surface area contributed by atoms with Gasteiger partial charge in [0.2, 0.25) is 5.91 Å². The molecule has 0 saturated carbocycles. The van der Waals surface area contributed by atoms with Crippen LogP contribution in [0.2, 0.25) is 0 Å². The van der Waals surface area contributed by atoms with E-state index in [1.54, 1.807) is 15.9 Å². The molecule has 180 valence electrons. The summed E-state index contributed by atoms with van der Waals surface area (Å²) in [6, 6.07) is 7.90. The average Bonchev–Trinajstić information content (AvgIpc) is 3.47. The third-order valence-corrected chi connectivity index (χ3v) is 8.80. The molecule has 2 aliphatic rings. The van der Waals surface area contributed by atoms with Gasteiger partial charge in [-0.05, 0) is 61.6 Å². The van der Waals surface area contributed by atoms with Crippen LogP contribution in [0.1, 0.15) is 61.5 Å². The van der Waals surface area contributed by atoms with E-state index in [2.05, 4.69) is 19.2 Å². The minimum Gasteiger partial charge on any atom is -0.376 e. The van der Waals surface area contributed by atoms with Gasteiger partial charge in [0.05, 0.1) is 23.8 Å². The molecule has 1 aliphatic heterocycles. The van der Waals surface area contributed by atoms with Gasteiger partial charge in [0.15, 0.2) is 5.16 Å². The Bertz CT molecular complexity index is 1260. The number of benzene rings is 1. The number of fused-ring (bicyclic) bond motifs is 3. The molecule has 34 heavy (non-hydrogen) atoms. The van der Waals surface area contributed by atoms with E-state index in [1.165, 1.54) is 28.6 Å². The van der Waals surface area contributed by atoms with Gasteiger partial charge in [-0.2, -0.15) is 0 Å². The Balaban J connectivity index is 1.42. The quantitative estimate of drug-likeness (QED) is 0.351. The molecular weight excluding hydrogens is 466 g/mol. The van der Waals surface area contributed by atoms with Crippen molar-refractivity contribution in [1.29, 1.82) is 0 Å². The molecule has 3 heterocycles. The van der Waals surface area contributed by atoms with E-state index in [1.807, 2.05) is 24.3 Å². The predicted molar refractivity (Wildman–Crippen MR) is 139 cm³/mol. The third-order valence-electron chi connectivity index (χ3n) is 6.64. The van der Waals surface area contributed by atoms with Crippen LogP contribution >= 0.6 is 23.1 Å².